The Labute approximate surface area is 136 Å². The Morgan fingerprint density at radius 3 is 2.74 bits per heavy atom. The Morgan fingerprint density at radius 2 is 2.00 bits per heavy atom. The van der Waals surface area contributed by atoms with Crippen LogP contribution < -0.4 is 5.32 Å². The molecule has 0 bridgehead atoms. The maximum absolute atomic E-state index is 12.4. The van der Waals surface area contributed by atoms with Gasteiger partial charge in [0.25, 0.3) is 0 Å². The van der Waals surface area contributed by atoms with Crippen molar-refractivity contribution in [1.29, 1.82) is 0 Å². The van der Waals surface area contributed by atoms with Gasteiger partial charge in [-0.2, -0.15) is 0 Å². The highest BCUT2D eigenvalue weighted by Crippen LogP contribution is 2.21. The summed E-state index contributed by atoms with van der Waals surface area (Å²) in [7, 11) is 1.67. The topological polar surface area (TPSA) is 65.2 Å². The third kappa shape index (κ3) is 3.38. The van der Waals surface area contributed by atoms with Gasteiger partial charge in [-0.25, -0.2) is 0 Å². The van der Waals surface area contributed by atoms with Gasteiger partial charge >= 0.3 is 0 Å². The van der Waals surface area contributed by atoms with E-state index in [0.717, 1.165) is 24.8 Å². The normalized spacial score (nSPS) is 15.8. The molecule has 1 fully saturated rings. The van der Waals surface area contributed by atoms with Crippen LogP contribution in [0.1, 0.15) is 24.8 Å². The first-order valence-electron chi connectivity index (χ1n) is 8.23. The summed E-state index contributed by atoms with van der Waals surface area (Å²) in [4.78, 5) is 29.2. The number of carbonyl (C=O) groups excluding carboxylic acids is 2. The third-order valence-electron chi connectivity index (χ3n) is 4.75. The fourth-order valence-electron chi connectivity index (χ4n) is 3.33. The molecule has 5 heteroatoms. The van der Waals surface area contributed by atoms with Crippen LogP contribution in [0.25, 0.3) is 10.9 Å². The first-order chi connectivity index (χ1) is 11.2. The number of benzene rings is 1. The number of piperidine rings is 1. The molecular formula is C18H23N3O2. The standard InChI is InChI=1S/C18H23N3O2/c1-19-18(23)13-8-10-21(11-9-13)17(22)7-6-14-12-20-16-5-3-2-4-15(14)16/h2-5,12-13,20H,6-11H2,1H3,(H,19,23). The zero-order valence-corrected chi connectivity index (χ0v) is 13.5. The first-order valence-corrected chi connectivity index (χ1v) is 8.23. The zero-order chi connectivity index (χ0) is 16.2. The minimum atomic E-state index is 0.0534. The van der Waals surface area contributed by atoms with Crippen molar-refractivity contribution in [2.45, 2.75) is 25.7 Å². The molecule has 1 aromatic carbocycles. The number of hydrogen-bond donors (Lipinski definition) is 2. The molecule has 0 atom stereocenters. The van der Waals surface area contributed by atoms with Crippen LogP contribution in [0, 0.1) is 5.92 Å². The molecular weight excluding hydrogens is 290 g/mol. The molecule has 2 heterocycles. The van der Waals surface area contributed by atoms with Gasteiger partial charge in [0, 0.05) is 49.6 Å². The molecule has 0 aliphatic carbocycles. The molecule has 2 amide bonds. The van der Waals surface area contributed by atoms with Crippen molar-refractivity contribution in [3.63, 3.8) is 0 Å². The molecule has 1 aromatic heterocycles. The highest BCUT2D eigenvalue weighted by atomic mass is 16.2. The predicted molar refractivity (Wildman–Crippen MR) is 90.0 cm³/mol. The van der Waals surface area contributed by atoms with Gasteiger partial charge in [-0.15, -0.1) is 0 Å². The summed E-state index contributed by atoms with van der Waals surface area (Å²) in [5.74, 6) is 0.333. The molecule has 2 aromatic rings. The van der Waals surface area contributed by atoms with Crippen molar-refractivity contribution in [2.75, 3.05) is 20.1 Å². The Hall–Kier alpha value is -2.30. The number of carbonyl (C=O) groups is 2. The van der Waals surface area contributed by atoms with Gasteiger partial charge in [0.1, 0.15) is 0 Å². The summed E-state index contributed by atoms with van der Waals surface area (Å²) in [6.45, 7) is 1.37. The minimum absolute atomic E-state index is 0.0534. The summed E-state index contributed by atoms with van der Waals surface area (Å²) >= 11 is 0. The van der Waals surface area contributed by atoms with Crippen LogP contribution in [0.4, 0.5) is 0 Å². The van der Waals surface area contributed by atoms with Crippen LogP contribution in [0.2, 0.25) is 0 Å². The molecule has 3 rings (SSSR count). The highest BCUT2D eigenvalue weighted by molar-refractivity contribution is 5.84. The number of para-hydroxylation sites is 1. The average Bonchev–Trinajstić information content (AvgIpc) is 3.02. The van der Waals surface area contributed by atoms with Crippen molar-refractivity contribution < 1.29 is 9.59 Å². The summed E-state index contributed by atoms with van der Waals surface area (Å²) in [6.07, 6.45) is 4.79. The van der Waals surface area contributed by atoms with Gasteiger partial charge in [-0.1, -0.05) is 18.2 Å². The molecule has 1 aliphatic heterocycles. The lowest BCUT2D eigenvalue weighted by Gasteiger charge is -2.31. The molecule has 2 N–H and O–H groups in total. The number of likely N-dealkylation sites (tertiary alicyclic amines) is 1. The Balaban J connectivity index is 1.53. The van der Waals surface area contributed by atoms with Gasteiger partial charge in [0.05, 0.1) is 0 Å². The monoisotopic (exact) mass is 313 g/mol. The molecule has 0 radical (unpaired) electrons. The largest absolute Gasteiger partial charge is 0.361 e. The third-order valence-corrected chi connectivity index (χ3v) is 4.75. The van der Waals surface area contributed by atoms with Crippen molar-refractivity contribution >= 4 is 22.7 Å². The molecule has 0 spiro atoms. The number of nitrogens with one attached hydrogen (secondary N) is 2. The van der Waals surface area contributed by atoms with Crippen LogP contribution >= 0.6 is 0 Å². The maximum Gasteiger partial charge on any atom is 0.222 e. The number of amides is 2. The molecule has 0 saturated carbocycles. The lowest BCUT2D eigenvalue weighted by molar-refractivity contribution is -0.135. The van der Waals surface area contributed by atoms with Crippen LogP contribution in [-0.2, 0) is 16.0 Å². The molecule has 23 heavy (non-hydrogen) atoms. The predicted octanol–water partition coefficient (Wildman–Crippen LogP) is 2.09. The summed E-state index contributed by atoms with van der Waals surface area (Å²) < 4.78 is 0. The molecule has 122 valence electrons. The van der Waals surface area contributed by atoms with Crippen LogP contribution in [0.5, 0.6) is 0 Å². The second-order valence-corrected chi connectivity index (χ2v) is 6.13. The van der Waals surface area contributed by atoms with Gasteiger partial charge in [-0.05, 0) is 30.9 Å². The van der Waals surface area contributed by atoms with Gasteiger partial charge in [-0.3, -0.25) is 9.59 Å². The Morgan fingerprint density at radius 1 is 1.26 bits per heavy atom. The van der Waals surface area contributed by atoms with E-state index in [-0.39, 0.29) is 17.7 Å². The number of H-pyrrole nitrogens is 1. The van der Waals surface area contributed by atoms with Gasteiger partial charge in [0.2, 0.25) is 11.8 Å². The van der Waals surface area contributed by atoms with Gasteiger partial charge in [0.15, 0.2) is 0 Å². The lowest BCUT2D eigenvalue weighted by Crippen LogP contribution is -2.42. The lowest BCUT2D eigenvalue weighted by atomic mass is 9.95. The Bertz CT molecular complexity index is 699. The van der Waals surface area contributed by atoms with Crippen LogP contribution in [0.15, 0.2) is 30.5 Å². The summed E-state index contributed by atoms with van der Waals surface area (Å²) in [5.41, 5.74) is 2.30. The van der Waals surface area contributed by atoms with E-state index in [4.69, 9.17) is 0 Å². The van der Waals surface area contributed by atoms with E-state index >= 15 is 0 Å². The number of hydrogen-bond acceptors (Lipinski definition) is 2. The minimum Gasteiger partial charge on any atom is -0.361 e. The maximum atomic E-state index is 12.4. The van der Waals surface area contributed by atoms with Crippen molar-refractivity contribution in [1.82, 2.24) is 15.2 Å². The number of aryl methyl sites for hydroxylation is 1. The number of fused-ring (bicyclic) bond motifs is 1. The van der Waals surface area contributed by atoms with E-state index in [1.54, 1.807) is 7.05 Å². The first kappa shape index (κ1) is 15.6. The number of rotatable bonds is 4. The number of aromatic amines is 1. The second kappa shape index (κ2) is 6.86. The second-order valence-electron chi connectivity index (χ2n) is 6.13. The zero-order valence-electron chi connectivity index (χ0n) is 13.5. The number of nitrogens with zero attached hydrogens (tertiary/aromatic N) is 1. The van der Waals surface area contributed by atoms with Crippen molar-refractivity contribution in [3.05, 3.63) is 36.0 Å². The van der Waals surface area contributed by atoms with E-state index in [1.807, 2.05) is 29.3 Å². The molecule has 1 saturated heterocycles. The van der Waals surface area contributed by atoms with Crippen LogP contribution in [0.3, 0.4) is 0 Å². The SMILES string of the molecule is CNC(=O)C1CCN(C(=O)CCc2c[nH]c3ccccc23)CC1. The van der Waals surface area contributed by atoms with E-state index < -0.39 is 0 Å². The highest BCUT2D eigenvalue weighted by Gasteiger charge is 2.26. The van der Waals surface area contributed by atoms with Crippen molar-refractivity contribution in [2.24, 2.45) is 5.92 Å². The van der Waals surface area contributed by atoms with E-state index in [1.165, 1.54) is 10.9 Å². The molecule has 5 nitrogen and oxygen atoms in total. The van der Waals surface area contributed by atoms with Crippen LogP contribution in [-0.4, -0.2) is 41.8 Å². The Kier molecular flexibility index (Phi) is 4.65. The molecule has 0 unspecified atom stereocenters. The van der Waals surface area contributed by atoms with E-state index in [0.29, 0.717) is 19.5 Å². The number of aromatic nitrogens is 1. The van der Waals surface area contributed by atoms with Gasteiger partial charge < -0.3 is 15.2 Å². The fourth-order valence-corrected chi connectivity index (χ4v) is 3.33. The van der Waals surface area contributed by atoms with E-state index in [9.17, 15) is 9.59 Å². The summed E-state index contributed by atoms with van der Waals surface area (Å²) in [6, 6.07) is 8.15. The summed E-state index contributed by atoms with van der Waals surface area (Å²) in [5, 5.41) is 3.89. The molecule has 1 aliphatic rings. The smallest absolute Gasteiger partial charge is 0.222 e. The fraction of sp³-hybridized carbons (Fsp3) is 0.444. The quantitative estimate of drug-likeness (QED) is 0.907. The van der Waals surface area contributed by atoms with Crippen molar-refractivity contribution in [3.8, 4) is 0 Å². The average molecular weight is 313 g/mol. The van der Waals surface area contributed by atoms with E-state index in [2.05, 4.69) is 16.4 Å².